The van der Waals surface area contributed by atoms with Crippen molar-refractivity contribution in [2.24, 2.45) is 0 Å². The van der Waals surface area contributed by atoms with E-state index in [2.05, 4.69) is 0 Å². The van der Waals surface area contributed by atoms with Gasteiger partial charge in [0.2, 0.25) is 5.91 Å². The van der Waals surface area contributed by atoms with E-state index in [1.54, 1.807) is 41.3 Å². The van der Waals surface area contributed by atoms with Crippen LogP contribution in [0, 0.1) is 6.92 Å². The van der Waals surface area contributed by atoms with E-state index < -0.39 is 0 Å². The SMILES string of the molecule is Cc1ccc(C(=O)N2CC(=O)N(c3cccc(Cl)c3)C[C@H]2C)c(O)c1. The average Bonchev–Trinajstić information content (AvgIpc) is 2.56. The van der Waals surface area contributed by atoms with Crippen molar-refractivity contribution >= 4 is 29.1 Å². The molecule has 6 heteroatoms. The van der Waals surface area contributed by atoms with Crippen molar-refractivity contribution in [2.45, 2.75) is 19.9 Å². The number of benzene rings is 2. The van der Waals surface area contributed by atoms with E-state index in [4.69, 9.17) is 11.6 Å². The molecule has 1 atom stereocenters. The summed E-state index contributed by atoms with van der Waals surface area (Å²) in [5.74, 6) is -0.591. The fraction of sp³-hybridized carbons (Fsp3) is 0.263. The van der Waals surface area contributed by atoms with Crippen LogP contribution in [0.5, 0.6) is 5.75 Å². The molecule has 1 saturated heterocycles. The number of nitrogens with zero attached hydrogens (tertiary/aromatic N) is 2. The Morgan fingerprint density at radius 1 is 1.24 bits per heavy atom. The van der Waals surface area contributed by atoms with Gasteiger partial charge in [-0.25, -0.2) is 0 Å². The summed E-state index contributed by atoms with van der Waals surface area (Å²) >= 11 is 6.01. The molecule has 1 aliphatic rings. The maximum absolute atomic E-state index is 12.8. The number of phenols is 1. The number of hydrogen-bond donors (Lipinski definition) is 1. The summed E-state index contributed by atoms with van der Waals surface area (Å²) in [4.78, 5) is 28.5. The molecule has 0 spiro atoms. The van der Waals surface area contributed by atoms with Crippen LogP contribution in [0.25, 0.3) is 0 Å². The summed E-state index contributed by atoms with van der Waals surface area (Å²) in [5.41, 5.74) is 1.79. The zero-order chi connectivity index (χ0) is 18.1. The fourth-order valence-corrected chi connectivity index (χ4v) is 3.18. The summed E-state index contributed by atoms with van der Waals surface area (Å²) in [6.45, 7) is 4.05. The predicted molar refractivity (Wildman–Crippen MR) is 97.1 cm³/mol. The van der Waals surface area contributed by atoms with E-state index in [1.165, 1.54) is 4.90 Å². The van der Waals surface area contributed by atoms with Crippen LogP contribution in [0.2, 0.25) is 5.02 Å². The normalized spacial score (nSPS) is 17.7. The maximum Gasteiger partial charge on any atom is 0.258 e. The minimum absolute atomic E-state index is 0.0418. The van der Waals surface area contributed by atoms with Crippen molar-refractivity contribution in [3.05, 3.63) is 58.6 Å². The third-order valence-corrected chi connectivity index (χ3v) is 4.58. The lowest BCUT2D eigenvalue weighted by molar-refractivity contribution is -0.121. The second-order valence-corrected chi connectivity index (χ2v) is 6.72. The average molecular weight is 359 g/mol. The lowest BCUT2D eigenvalue weighted by Crippen LogP contribution is -2.57. The molecule has 1 heterocycles. The third kappa shape index (κ3) is 3.46. The zero-order valence-corrected chi connectivity index (χ0v) is 14.8. The minimum atomic E-state index is -0.343. The number of rotatable bonds is 2. The summed E-state index contributed by atoms with van der Waals surface area (Å²) in [7, 11) is 0. The predicted octanol–water partition coefficient (Wildman–Crippen LogP) is 3.23. The van der Waals surface area contributed by atoms with Gasteiger partial charge < -0.3 is 14.9 Å². The second-order valence-electron chi connectivity index (χ2n) is 6.29. The van der Waals surface area contributed by atoms with Crippen LogP contribution in [0.4, 0.5) is 5.69 Å². The number of amides is 2. The molecular formula is C19H19ClN2O3. The topological polar surface area (TPSA) is 60.9 Å². The molecule has 0 bridgehead atoms. The van der Waals surface area contributed by atoms with Gasteiger partial charge in [0.05, 0.1) is 5.56 Å². The number of aromatic hydroxyl groups is 1. The van der Waals surface area contributed by atoms with Crippen molar-refractivity contribution in [1.29, 1.82) is 0 Å². The summed E-state index contributed by atoms with van der Waals surface area (Å²) in [6.07, 6.45) is 0. The zero-order valence-electron chi connectivity index (χ0n) is 14.1. The number of hydrogen-bond acceptors (Lipinski definition) is 3. The van der Waals surface area contributed by atoms with Crippen molar-refractivity contribution < 1.29 is 14.7 Å². The quantitative estimate of drug-likeness (QED) is 0.896. The lowest BCUT2D eigenvalue weighted by atomic mass is 10.1. The molecule has 1 aliphatic heterocycles. The monoisotopic (exact) mass is 358 g/mol. The first-order chi connectivity index (χ1) is 11.9. The van der Waals surface area contributed by atoms with Gasteiger partial charge in [-0.05, 0) is 49.7 Å². The second kappa shape index (κ2) is 6.76. The molecule has 130 valence electrons. The highest BCUT2D eigenvalue weighted by Crippen LogP contribution is 2.26. The van der Waals surface area contributed by atoms with Gasteiger partial charge in [-0.15, -0.1) is 0 Å². The molecule has 0 aromatic heterocycles. The van der Waals surface area contributed by atoms with Gasteiger partial charge in [0.25, 0.3) is 5.91 Å². The summed E-state index contributed by atoms with van der Waals surface area (Å²) in [6, 6.07) is 11.8. The van der Waals surface area contributed by atoms with Gasteiger partial charge in [-0.1, -0.05) is 23.7 Å². The standard InChI is InChI=1S/C19H19ClN2O3/c1-12-6-7-16(17(23)8-12)19(25)21-11-18(24)22(10-13(21)2)15-5-3-4-14(20)9-15/h3-9,13,23H,10-11H2,1-2H3/t13-/m1/s1. The first kappa shape index (κ1) is 17.3. The van der Waals surface area contributed by atoms with Crippen molar-refractivity contribution in [2.75, 3.05) is 18.0 Å². The number of halogens is 1. The van der Waals surface area contributed by atoms with Crippen LogP contribution >= 0.6 is 11.6 Å². The van der Waals surface area contributed by atoms with Gasteiger partial charge in [0, 0.05) is 23.3 Å². The Morgan fingerprint density at radius 2 is 2.00 bits per heavy atom. The Morgan fingerprint density at radius 3 is 2.68 bits per heavy atom. The van der Waals surface area contributed by atoms with Crippen LogP contribution in [0.3, 0.4) is 0 Å². The Bertz CT molecular complexity index is 837. The van der Waals surface area contributed by atoms with E-state index in [0.29, 0.717) is 11.6 Å². The molecule has 5 nitrogen and oxygen atoms in total. The molecule has 0 saturated carbocycles. The summed E-state index contributed by atoms with van der Waals surface area (Å²) in [5, 5.41) is 10.6. The molecule has 0 unspecified atom stereocenters. The van der Waals surface area contributed by atoms with E-state index in [-0.39, 0.29) is 35.7 Å². The van der Waals surface area contributed by atoms with Gasteiger partial charge in [-0.3, -0.25) is 9.59 Å². The van der Waals surface area contributed by atoms with E-state index in [1.807, 2.05) is 19.9 Å². The van der Waals surface area contributed by atoms with Crippen molar-refractivity contribution in [1.82, 2.24) is 4.90 Å². The van der Waals surface area contributed by atoms with E-state index >= 15 is 0 Å². The molecule has 3 rings (SSSR count). The van der Waals surface area contributed by atoms with Gasteiger partial charge in [0.1, 0.15) is 12.3 Å². The summed E-state index contributed by atoms with van der Waals surface area (Å²) < 4.78 is 0. The molecule has 2 amide bonds. The first-order valence-electron chi connectivity index (χ1n) is 8.03. The van der Waals surface area contributed by atoms with Crippen molar-refractivity contribution in [3.63, 3.8) is 0 Å². The molecule has 2 aromatic carbocycles. The van der Waals surface area contributed by atoms with E-state index in [9.17, 15) is 14.7 Å². The van der Waals surface area contributed by atoms with Crippen molar-refractivity contribution in [3.8, 4) is 5.75 Å². The molecule has 1 fully saturated rings. The number of carbonyl (C=O) groups is 2. The minimum Gasteiger partial charge on any atom is -0.507 e. The molecule has 0 radical (unpaired) electrons. The fourth-order valence-electron chi connectivity index (χ4n) is 2.99. The van der Waals surface area contributed by atoms with Crippen LogP contribution in [0.15, 0.2) is 42.5 Å². The number of aryl methyl sites for hydroxylation is 1. The highest BCUT2D eigenvalue weighted by molar-refractivity contribution is 6.30. The largest absolute Gasteiger partial charge is 0.507 e. The van der Waals surface area contributed by atoms with Gasteiger partial charge in [0.15, 0.2) is 0 Å². The van der Waals surface area contributed by atoms with Gasteiger partial charge >= 0.3 is 0 Å². The lowest BCUT2D eigenvalue weighted by Gasteiger charge is -2.39. The van der Waals surface area contributed by atoms with E-state index in [0.717, 1.165) is 11.3 Å². The molecular weight excluding hydrogens is 340 g/mol. The molecule has 0 aliphatic carbocycles. The van der Waals surface area contributed by atoms with Gasteiger partial charge in [-0.2, -0.15) is 0 Å². The number of carbonyl (C=O) groups excluding carboxylic acids is 2. The van der Waals surface area contributed by atoms with Crippen LogP contribution < -0.4 is 4.90 Å². The third-order valence-electron chi connectivity index (χ3n) is 4.35. The first-order valence-corrected chi connectivity index (χ1v) is 8.41. The number of phenolic OH excluding ortho intramolecular Hbond substituents is 1. The Labute approximate surface area is 151 Å². The molecule has 25 heavy (non-hydrogen) atoms. The highest BCUT2D eigenvalue weighted by Gasteiger charge is 2.34. The Balaban J connectivity index is 1.82. The number of anilines is 1. The van der Waals surface area contributed by atoms with Crippen LogP contribution in [0.1, 0.15) is 22.8 Å². The molecule has 1 N–H and O–H groups in total. The smallest absolute Gasteiger partial charge is 0.258 e. The van der Waals surface area contributed by atoms with Crippen LogP contribution in [-0.4, -0.2) is 41.0 Å². The number of piperazine rings is 1. The maximum atomic E-state index is 12.8. The highest BCUT2D eigenvalue weighted by atomic mass is 35.5. The Hall–Kier alpha value is -2.53. The Kier molecular flexibility index (Phi) is 4.68. The molecule has 2 aromatic rings. The van der Waals surface area contributed by atoms with Crippen LogP contribution in [-0.2, 0) is 4.79 Å².